The van der Waals surface area contributed by atoms with Gasteiger partial charge in [0.1, 0.15) is 0 Å². The van der Waals surface area contributed by atoms with Crippen LogP contribution < -0.4 is 0 Å². The molecule has 0 bridgehead atoms. The largest absolute Gasteiger partial charge is 0.391 e. The number of hydrogen-bond donors (Lipinski definition) is 1. The van der Waals surface area contributed by atoms with Crippen LogP contribution in [0, 0.1) is 5.41 Å². The van der Waals surface area contributed by atoms with Gasteiger partial charge < -0.3 is 14.6 Å². The van der Waals surface area contributed by atoms with Crippen LogP contribution in [-0.2, 0) is 9.47 Å². The lowest BCUT2D eigenvalue weighted by atomic mass is 9.84. The first-order valence-corrected chi connectivity index (χ1v) is 4.52. The van der Waals surface area contributed by atoms with E-state index in [0.717, 1.165) is 19.6 Å². The van der Waals surface area contributed by atoms with E-state index in [1.807, 2.05) is 0 Å². The molecule has 0 aliphatic carbocycles. The zero-order valence-electron chi connectivity index (χ0n) is 7.88. The minimum Gasteiger partial charge on any atom is -0.391 e. The second kappa shape index (κ2) is 4.21. The van der Waals surface area contributed by atoms with E-state index in [2.05, 4.69) is 6.92 Å². The third-order valence-corrected chi connectivity index (χ3v) is 2.33. The molecule has 0 aromatic heterocycles. The van der Waals surface area contributed by atoms with Gasteiger partial charge in [-0.2, -0.15) is 0 Å². The summed E-state index contributed by atoms with van der Waals surface area (Å²) in [7, 11) is 0. The lowest BCUT2D eigenvalue weighted by molar-refractivity contribution is -0.154. The van der Waals surface area contributed by atoms with Crippen LogP contribution >= 0.6 is 0 Å². The van der Waals surface area contributed by atoms with Crippen molar-refractivity contribution >= 4 is 0 Å². The molecule has 3 heteroatoms. The van der Waals surface area contributed by atoms with Crippen molar-refractivity contribution in [3.63, 3.8) is 0 Å². The molecule has 0 radical (unpaired) electrons. The van der Waals surface area contributed by atoms with Gasteiger partial charge in [0, 0.05) is 5.41 Å². The van der Waals surface area contributed by atoms with Gasteiger partial charge in [-0.1, -0.05) is 6.92 Å². The van der Waals surface area contributed by atoms with Crippen LogP contribution in [0.3, 0.4) is 0 Å². The summed E-state index contributed by atoms with van der Waals surface area (Å²) in [5.41, 5.74) is 0.245. The summed E-state index contributed by atoms with van der Waals surface area (Å²) in [6, 6.07) is 0. The summed E-state index contributed by atoms with van der Waals surface area (Å²) in [5, 5.41) is 8.96. The standard InChI is InChI=1S/C9H18O3/c1-3-9(6-12-7-9)5-11-4-8(2)10/h8,10H,3-7H2,1-2H3. The summed E-state index contributed by atoms with van der Waals surface area (Å²) in [6.07, 6.45) is 0.729. The number of ether oxygens (including phenoxy) is 2. The van der Waals surface area contributed by atoms with E-state index in [4.69, 9.17) is 14.6 Å². The van der Waals surface area contributed by atoms with Crippen LogP contribution in [0.25, 0.3) is 0 Å². The molecule has 1 unspecified atom stereocenters. The first-order chi connectivity index (χ1) is 5.68. The summed E-state index contributed by atoms with van der Waals surface area (Å²) in [5.74, 6) is 0. The third kappa shape index (κ3) is 2.44. The Balaban J connectivity index is 2.12. The molecule has 1 heterocycles. The van der Waals surface area contributed by atoms with E-state index in [1.165, 1.54) is 0 Å². The Kier molecular flexibility index (Phi) is 3.50. The molecule has 1 N–H and O–H groups in total. The maximum absolute atomic E-state index is 8.96. The summed E-state index contributed by atoms with van der Waals surface area (Å²) in [6.45, 7) is 6.65. The van der Waals surface area contributed by atoms with Crippen LogP contribution in [0.4, 0.5) is 0 Å². The molecule has 0 saturated carbocycles. The Morgan fingerprint density at radius 3 is 2.58 bits per heavy atom. The van der Waals surface area contributed by atoms with E-state index in [-0.39, 0.29) is 11.5 Å². The van der Waals surface area contributed by atoms with Crippen molar-refractivity contribution in [2.75, 3.05) is 26.4 Å². The van der Waals surface area contributed by atoms with Gasteiger partial charge in [0.05, 0.1) is 32.5 Å². The highest BCUT2D eigenvalue weighted by Gasteiger charge is 2.36. The summed E-state index contributed by atoms with van der Waals surface area (Å²) < 4.78 is 10.5. The number of aliphatic hydroxyl groups excluding tert-OH is 1. The zero-order valence-corrected chi connectivity index (χ0v) is 7.88. The van der Waals surface area contributed by atoms with Gasteiger partial charge in [-0.3, -0.25) is 0 Å². The average Bonchev–Trinajstić information content (AvgIpc) is 1.94. The topological polar surface area (TPSA) is 38.7 Å². The predicted molar refractivity (Wildman–Crippen MR) is 46.0 cm³/mol. The van der Waals surface area contributed by atoms with E-state index in [9.17, 15) is 0 Å². The van der Waals surface area contributed by atoms with Crippen molar-refractivity contribution in [1.29, 1.82) is 0 Å². The Hall–Kier alpha value is -0.120. The van der Waals surface area contributed by atoms with Gasteiger partial charge in [0.15, 0.2) is 0 Å². The highest BCUT2D eigenvalue weighted by atomic mass is 16.5. The minimum absolute atomic E-state index is 0.245. The summed E-state index contributed by atoms with van der Waals surface area (Å²) in [4.78, 5) is 0. The van der Waals surface area contributed by atoms with Crippen LogP contribution in [0.2, 0.25) is 0 Å². The molecule has 1 rings (SSSR count). The third-order valence-electron chi connectivity index (χ3n) is 2.33. The number of rotatable bonds is 5. The second-order valence-electron chi connectivity index (χ2n) is 3.71. The zero-order chi connectivity index (χ0) is 9.03. The predicted octanol–water partition coefficient (Wildman–Crippen LogP) is 0.810. The molecular formula is C9H18O3. The van der Waals surface area contributed by atoms with E-state index in [1.54, 1.807) is 6.92 Å². The van der Waals surface area contributed by atoms with Crippen molar-refractivity contribution in [2.24, 2.45) is 5.41 Å². The Bertz CT molecular complexity index is 124. The molecule has 1 fully saturated rings. The molecule has 1 aliphatic heterocycles. The van der Waals surface area contributed by atoms with Crippen molar-refractivity contribution < 1.29 is 14.6 Å². The first-order valence-electron chi connectivity index (χ1n) is 4.52. The smallest absolute Gasteiger partial charge is 0.0745 e. The highest BCUT2D eigenvalue weighted by molar-refractivity contribution is 4.83. The Labute approximate surface area is 73.7 Å². The van der Waals surface area contributed by atoms with E-state index in [0.29, 0.717) is 13.2 Å². The lowest BCUT2D eigenvalue weighted by Gasteiger charge is -2.40. The van der Waals surface area contributed by atoms with Crippen molar-refractivity contribution in [3.05, 3.63) is 0 Å². The Morgan fingerprint density at radius 1 is 1.58 bits per heavy atom. The van der Waals surface area contributed by atoms with Gasteiger partial charge >= 0.3 is 0 Å². The molecule has 12 heavy (non-hydrogen) atoms. The van der Waals surface area contributed by atoms with E-state index >= 15 is 0 Å². The van der Waals surface area contributed by atoms with Crippen molar-refractivity contribution in [2.45, 2.75) is 26.4 Å². The molecule has 3 nitrogen and oxygen atoms in total. The Morgan fingerprint density at radius 2 is 2.25 bits per heavy atom. The van der Waals surface area contributed by atoms with Crippen molar-refractivity contribution in [3.8, 4) is 0 Å². The van der Waals surface area contributed by atoms with E-state index < -0.39 is 0 Å². The number of aliphatic hydroxyl groups is 1. The van der Waals surface area contributed by atoms with Crippen LogP contribution in [0.1, 0.15) is 20.3 Å². The summed E-state index contributed by atoms with van der Waals surface area (Å²) >= 11 is 0. The molecule has 0 aromatic carbocycles. The SMILES string of the molecule is CCC1(COCC(C)O)COC1. The first kappa shape index (κ1) is 9.96. The van der Waals surface area contributed by atoms with Gasteiger partial charge in [0.2, 0.25) is 0 Å². The maximum atomic E-state index is 8.96. The molecule has 0 amide bonds. The quantitative estimate of drug-likeness (QED) is 0.670. The number of hydrogen-bond acceptors (Lipinski definition) is 3. The second-order valence-corrected chi connectivity index (χ2v) is 3.71. The lowest BCUT2D eigenvalue weighted by Crippen LogP contribution is -2.46. The van der Waals surface area contributed by atoms with Gasteiger partial charge in [0.25, 0.3) is 0 Å². The maximum Gasteiger partial charge on any atom is 0.0745 e. The molecule has 0 spiro atoms. The molecular weight excluding hydrogens is 156 g/mol. The molecule has 0 aromatic rings. The van der Waals surface area contributed by atoms with Gasteiger partial charge in [-0.15, -0.1) is 0 Å². The fourth-order valence-corrected chi connectivity index (χ4v) is 1.23. The van der Waals surface area contributed by atoms with Gasteiger partial charge in [-0.25, -0.2) is 0 Å². The molecule has 1 saturated heterocycles. The average molecular weight is 174 g/mol. The fraction of sp³-hybridized carbons (Fsp3) is 1.00. The highest BCUT2D eigenvalue weighted by Crippen LogP contribution is 2.31. The van der Waals surface area contributed by atoms with Crippen molar-refractivity contribution in [1.82, 2.24) is 0 Å². The molecule has 1 aliphatic rings. The monoisotopic (exact) mass is 174 g/mol. The van der Waals surface area contributed by atoms with Crippen LogP contribution in [-0.4, -0.2) is 37.6 Å². The van der Waals surface area contributed by atoms with Crippen LogP contribution in [0.5, 0.6) is 0 Å². The van der Waals surface area contributed by atoms with Crippen LogP contribution in [0.15, 0.2) is 0 Å². The molecule has 72 valence electrons. The van der Waals surface area contributed by atoms with Gasteiger partial charge in [-0.05, 0) is 13.3 Å². The minimum atomic E-state index is -0.361. The normalized spacial score (nSPS) is 23.2. The fourth-order valence-electron chi connectivity index (χ4n) is 1.23. The molecule has 1 atom stereocenters.